The van der Waals surface area contributed by atoms with Crippen molar-refractivity contribution in [3.05, 3.63) is 35.1 Å². The van der Waals surface area contributed by atoms with Gasteiger partial charge in [-0.1, -0.05) is 41.8 Å². The van der Waals surface area contributed by atoms with Crippen LogP contribution in [-0.2, 0) is 0 Å². The van der Waals surface area contributed by atoms with Gasteiger partial charge in [-0.25, -0.2) is 5.43 Å². The average Bonchev–Trinajstić information content (AvgIpc) is 2.69. The van der Waals surface area contributed by atoms with Crippen molar-refractivity contribution in [2.45, 2.75) is 20.3 Å². The topological polar surface area (TPSA) is 15.3 Å². The molecular formula is C15H18N2S. The maximum Gasteiger partial charge on any atom is 0.0722 e. The predicted octanol–water partition coefficient (Wildman–Crippen LogP) is 2.61. The van der Waals surface area contributed by atoms with Gasteiger partial charge in [-0.05, 0) is 25.5 Å². The van der Waals surface area contributed by atoms with E-state index in [0.717, 1.165) is 17.8 Å². The standard InChI is InChI=1S/C15H18N2S/c1-11-10-13(15-8-9-16-17(15)3)6-4-5-7-14(11)12(2)18/h6,8,10,14,16H,4,9H2,1-3H3/b11-10-,13-6+. The van der Waals surface area contributed by atoms with E-state index >= 15 is 0 Å². The highest BCUT2D eigenvalue weighted by Gasteiger charge is 2.16. The van der Waals surface area contributed by atoms with Gasteiger partial charge in [0, 0.05) is 24.9 Å². The summed E-state index contributed by atoms with van der Waals surface area (Å²) in [6.45, 7) is 4.97. The van der Waals surface area contributed by atoms with Crippen molar-refractivity contribution in [1.29, 1.82) is 0 Å². The molecule has 0 saturated heterocycles. The second-order valence-corrected chi connectivity index (χ2v) is 5.27. The molecule has 0 bridgehead atoms. The van der Waals surface area contributed by atoms with E-state index in [-0.39, 0.29) is 5.92 Å². The molecule has 0 aromatic heterocycles. The minimum Gasteiger partial charge on any atom is -0.311 e. The van der Waals surface area contributed by atoms with Crippen LogP contribution >= 0.6 is 12.2 Å². The number of allylic oxidation sites excluding steroid dienone is 3. The number of nitrogens with zero attached hydrogens (tertiary/aromatic N) is 1. The number of thiocarbonyl (C=S) groups is 1. The number of hydrogen-bond acceptors (Lipinski definition) is 3. The van der Waals surface area contributed by atoms with Crippen LogP contribution in [0.4, 0.5) is 0 Å². The summed E-state index contributed by atoms with van der Waals surface area (Å²) in [4.78, 5) is 0.949. The molecule has 0 fully saturated rings. The molecule has 0 saturated carbocycles. The van der Waals surface area contributed by atoms with Crippen LogP contribution in [0.3, 0.4) is 0 Å². The lowest BCUT2D eigenvalue weighted by Gasteiger charge is -2.19. The molecular weight excluding hydrogens is 240 g/mol. The summed E-state index contributed by atoms with van der Waals surface area (Å²) in [5, 5.41) is 2.06. The third-order valence-electron chi connectivity index (χ3n) is 3.20. The van der Waals surface area contributed by atoms with E-state index in [1.165, 1.54) is 16.8 Å². The second-order valence-electron chi connectivity index (χ2n) is 4.63. The van der Waals surface area contributed by atoms with Gasteiger partial charge in [-0.15, -0.1) is 0 Å². The SMILES string of the molecule is CC(=S)C1C#CC/C=C(C2=CCNN2C)\C=C/1C. The number of hydrazine groups is 1. The van der Waals surface area contributed by atoms with Crippen LogP contribution in [0.2, 0.25) is 0 Å². The predicted molar refractivity (Wildman–Crippen MR) is 79.8 cm³/mol. The fourth-order valence-corrected chi connectivity index (χ4v) is 2.48. The summed E-state index contributed by atoms with van der Waals surface area (Å²) in [6, 6.07) is 0. The Morgan fingerprint density at radius 2 is 2.28 bits per heavy atom. The molecule has 1 unspecified atom stereocenters. The second kappa shape index (κ2) is 5.51. The maximum atomic E-state index is 5.29. The zero-order valence-electron chi connectivity index (χ0n) is 11.1. The molecule has 1 aliphatic carbocycles. The third-order valence-corrected chi connectivity index (χ3v) is 3.43. The van der Waals surface area contributed by atoms with Gasteiger partial charge < -0.3 is 5.01 Å². The van der Waals surface area contributed by atoms with Crippen LogP contribution in [-0.4, -0.2) is 23.5 Å². The van der Waals surface area contributed by atoms with Gasteiger partial charge in [0.25, 0.3) is 0 Å². The molecule has 0 spiro atoms. The maximum absolute atomic E-state index is 5.29. The summed E-state index contributed by atoms with van der Waals surface area (Å²) in [5.74, 6) is 6.55. The smallest absolute Gasteiger partial charge is 0.0722 e. The molecule has 18 heavy (non-hydrogen) atoms. The molecule has 0 radical (unpaired) electrons. The molecule has 0 amide bonds. The Labute approximate surface area is 114 Å². The highest BCUT2D eigenvalue weighted by Crippen LogP contribution is 2.23. The van der Waals surface area contributed by atoms with Crippen LogP contribution in [0.25, 0.3) is 0 Å². The average molecular weight is 258 g/mol. The normalized spacial score (nSPS) is 28.9. The van der Waals surface area contributed by atoms with Crippen LogP contribution < -0.4 is 5.43 Å². The number of hydrogen-bond donors (Lipinski definition) is 1. The summed E-state index contributed by atoms with van der Waals surface area (Å²) in [7, 11) is 2.04. The summed E-state index contributed by atoms with van der Waals surface area (Å²) >= 11 is 5.29. The Morgan fingerprint density at radius 3 is 2.89 bits per heavy atom. The minimum atomic E-state index is 0.115. The fourth-order valence-electron chi connectivity index (χ4n) is 2.24. The molecule has 0 aromatic carbocycles. The van der Waals surface area contributed by atoms with Crippen LogP contribution in [0.15, 0.2) is 35.1 Å². The first kappa shape index (κ1) is 13.1. The summed E-state index contributed by atoms with van der Waals surface area (Å²) in [5.41, 5.74) is 6.94. The first-order valence-corrected chi connectivity index (χ1v) is 6.55. The Balaban J connectivity index is 2.34. The first-order valence-electron chi connectivity index (χ1n) is 6.14. The van der Waals surface area contributed by atoms with Gasteiger partial charge in [-0.2, -0.15) is 0 Å². The largest absolute Gasteiger partial charge is 0.311 e. The molecule has 1 N–H and O–H groups in total. The highest BCUT2D eigenvalue weighted by molar-refractivity contribution is 7.80. The van der Waals surface area contributed by atoms with E-state index in [9.17, 15) is 0 Å². The van der Waals surface area contributed by atoms with Crippen molar-refractivity contribution < 1.29 is 0 Å². The quantitative estimate of drug-likeness (QED) is 0.605. The zero-order chi connectivity index (χ0) is 13.1. The number of likely N-dealkylation sites (N-methyl/N-ethyl adjacent to an activating group) is 1. The highest BCUT2D eigenvalue weighted by atomic mass is 32.1. The number of nitrogens with one attached hydrogen (secondary N) is 1. The van der Waals surface area contributed by atoms with Crippen molar-refractivity contribution in [1.82, 2.24) is 10.4 Å². The summed E-state index contributed by atoms with van der Waals surface area (Å²) in [6.07, 6.45) is 7.37. The Bertz CT molecular complexity index is 514. The van der Waals surface area contributed by atoms with Crippen LogP contribution in [0.1, 0.15) is 20.3 Å². The van der Waals surface area contributed by atoms with E-state index in [4.69, 9.17) is 12.2 Å². The molecule has 94 valence electrons. The molecule has 3 heteroatoms. The third kappa shape index (κ3) is 2.72. The zero-order valence-corrected chi connectivity index (χ0v) is 11.9. The van der Waals surface area contributed by atoms with Crippen LogP contribution in [0, 0.1) is 17.8 Å². The lowest BCUT2D eigenvalue weighted by molar-refractivity contribution is 0.352. The molecule has 1 atom stereocenters. The van der Waals surface area contributed by atoms with Gasteiger partial charge in [0.15, 0.2) is 0 Å². The lowest BCUT2D eigenvalue weighted by Crippen LogP contribution is -2.27. The molecule has 2 aliphatic rings. The van der Waals surface area contributed by atoms with Crippen molar-refractivity contribution in [2.24, 2.45) is 5.92 Å². The monoisotopic (exact) mass is 258 g/mol. The Morgan fingerprint density at radius 1 is 1.50 bits per heavy atom. The van der Waals surface area contributed by atoms with Gasteiger partial charge in [0.1, 0.15) is 0 Å². The van der Waals surface area contributed by atoms with Crippen molar-refractivity contribution in [3.63, 3.8) is 0 Å². The fraction of sp³-hybridized carbons (Fsp3) is 0.400. The van der Waals surface area contributed by atoms with Crippen molar-refractivity contribution in [3.8, 4) is 11.8 Å². The molecule has 0 aromatic rings. The van der Waals surface area contributed by atoms with E-state index in [1.807, 2.05) is 14.0 Å². The van der Waals surface area contributed by atoms with Gasteiger partial charge in [0.05, 0.1) is 11.6 Å². The van der Waals surface area contributed by atoms with E-state index in [1.54, 1.807) is 0 Å². The van der Waals surface area contributed by atoms with Crippen LogP contribution in [0.5, 0.6) is 0 Å². The van der Waals surface area contributed by atoms with Gasteiger partial charge in [-0.3, -0.25) is 0 Å². The Hall–Kier alpha value is -1.37. The summed E-state index contributed by atoms with van der Waals surface area (Å²) < 4.78 is 0. The van der Waals surface area contributed by atoms with Gasteiger partial charge in [0.2, 0.25) is 0 Å². The Kier molecular flexibility index (Phi) is 4.00. The molecule has 1 heterocycles. The molecule has 1 aliphatic heterocycles. The minimum absolute atomic E-state index is 0.115. The molecule has 2 nitrogen and oxygen atoms in total. The number of rotatable bonds is 2. The van der Waals surface area contributed by atoms with Gasteiger partial charge >= 0.3 is 0 Å². The van der Waals surface area contributed by atoms with E-state index in [2.05, 4.69) is 47.4 Å². The van der Waals surface area contributed by atoms with Crippen molar-refractivity contribution >= 4 is 17.1 Å². The molecule has 2 rings (SSSR count). The van der Waals surface area contributed by atoms with E-state index in [0.29, 0.717) is 0 Å². The van der Waals surface area contributed by atoms with Crippen molar-refractivity contribution in [2.75, 3.05) is 13.6 Å². The van der Waals surface area contributed by atoms with E-state index < -0.39 is 0 Å². The first-order chi connectivity index (χ1) is 8.59. The lowest BCUT2D eigenvalue weighted by atomic mass is 9.93.